The molecule has 4 rings (SSSR count). The monoisotopic (exact) mass is 464 g/mol. The Hall–Kier alpha value is -3.97. The van der Waals surface area contributed by atoms with Crippen molar-refractivity contribution in [1.29, 1.82) is 0 Å². The van der Waals surface area contributed by atoms with Crippen molar-refractivity contribution < 1.29 is 23.5 Å². The molecule has 0 fully saturated rings. The van der Waals surface area contributed by atoms with Gasteiger partial charge >= 0.3 is 5.97 Å². The molecule has 0 spiro atoms. The number of rotatable bonds is 5. The van der Waals surface area contributed by atoms with Gasteiger partial charge in [0.2, 0.25) is 0 Å². The maximum absolute atomic E-state index is 13.2. The second kappa shape index (κ2) is 8.88. The molecule has 3 aromatic rings. The molecule has 1 aliphatic rings. The molecule has 3 aromatic carbocycles. The van der Waals surface area contributed by atoms with Crippen molar-refractivity contribution in [2.24, 2.45) is 0 Å². The summed E-state index contributed by atoms with van der Waals surface area (Å²) in [6.45, 7) is 3.80. The Kier molecular flexibility index (Phi) is 5.98. The fraction of sp³-hybridized carbons (Fsp3) is 0.0800. The lowest BCUT2D eigenvalue weighted by atomic mass is 10.1. The standard InChI is InChI=1S/C25H18ClFN2O4/c1-14-4-3-5-20(15(14)2)33-25(32)16-6-10-18(11-7-16)28-22-21(26)23(30)29(24(22)31)19-12-8-17(27)9-13-19/h3-13,28H,1-2H3. The van der Waals surface area contributed by atoms with E-state index in [-0.39, 0.29) is 16.4 Å². The number of anilines is 2. The maximum Gasteiger partial charge on any atom is 0.343 e. The van der Waals surface area contributed by atoms with Crippen molar-refractivity contribution in [3.05, 3.63) is 100.0 Å². The first-order valence-electron chi connectivity index (χ1n) is 9.96. The van der Waals surface area contributed by atoms with Crippen LogP contribution in [0.25, 0.3) is 0 Å². The zero-order chi connectivity index (χ0) is 23.7. The van der Waals surface area contributed by atoms with Gasteiger partial charge in [0.05, 0.1) is 11.3 Å². The zero-order valence-corrected chi connectivity index (χ0v) is 18.4. The number of aryl methyl sites for hydroxylation is 1. The molecule has 1 N–H and O–H groups in total. The van der Waals surface area contributed by atoms with Crippen molar-refractivity contribution in [1.82, 2.24) is 0 Å². The molecule has 166 valence electrons. The van der Waals surface area contributed by atoms with Gasteiger partial charge in [-0.05, 0) is 79.6 Å². The van der Waals surface area contributed by atoms with Crippen LogP contribution in [0.15, 0.2) is 77.5 Å². The number of hydrogen-bond donors (Lipinski definition) is 1. The maximum atomic E-state index is 13.2. The smallest absolute Gasteiger partial charge is 0.343 e. The summed E-state index contributed by atoms with van der Waals surface area (Å²) in [5.74, 6) is -1.93. The first-order chi connectivity index (χ1) is 15.8. The number of carbonyl (C=O) groups is 3. The summed E-state index contributed by atoms with van der Waals surface area (Å²) < 4.78 is 18.7. The minimum Gasteiger partial charge on any atom is -0.423 e. The van der Waals surface area contributed by atoms with E-state index < -0.39 is 23.6 Å². The summed E-state index contributed by atoms with van der Waals surface area (Å²) >= 11 is 6.11. The van der Waals surface area contributed by atoms with Crippen molar-refractivity contribution in [2.45, 2.75) is 13.8 Å². The number of benzene rings is 3. The number of amides is 2. The molecule has 8 heteroatoms. The van der Waals surface area contributed by atoms with Crippen molar-refractivity contribution in [2.75, 3.05) is 10.2 Å². The van der Waals surface area contributed by atoms with Gasteiger partial charge in [0.15, 0.2) is 0 Å². The second-order valence-electron chi connectivity index (χ2n) is 7.40. The summed E-state index contributed by atoms with van der Waals surface area (Å²) in [5, 5.41) is 2.53. The summed E-state index contributed by atoms with van der Waals surface area (Å²) in [4.78, 5) is 38.6. The van der Waals surface area contributed by atoms with Gasteiger partial charge in [-0.15, -0.1) is 0 Å². The van der Waals surface area contributed by atoms with E-state index in [0.29, 0.717) is 17.0 Å². The molecule has 1 heterocycles. The largest absolute Gasteiger partial charge is 0.423 e. The Morgan fingerprint density at radius 3 is 2.27 bits per heavy atom. The van der Waals surface area contributed by atoms with Crippen LogP contribution in [0, 0.1) is 19.7 Å². The number of carbonyl (C=O) groups excluding carboxylic acids is 3. The Bertz CT molecular complexity index is 1300. The number of nitrogens with zero attached hydrogens (tertiary/aromatic N) is 1. The molecular formula is C25H18ClFN2O4. The summed E-state index contributed by atoms with van der Waals surface area (Å²) in [7, 11) is 0. The van der Waals surface area contributed by atoms with Crippen LogP contribution in [0.5, 0.6) is 5.75 Å². The lowest BCUT2D eigenvalue weighted by Crippen LogP contribution is -2.32. The van der Waals surface area contributed by atoms with E-state index >= 15 is 0 Å². The Balaban J connectivity index is 1.49. The Morgan fingerprint density at radius 2 is 1.61 bits per heavy atom. The third kappa shape index (κ3) is 4.36. The number of ether oxygens (including phenoxy) is 1. The number of esters is 1. The summed E-state index contributed by atoms with van der Waals surface area (Å²) in [6, 6.07) is 16.6. The summed E-state index contributed by atoms with van der Waals surface area (Å²) in [5.41, 5.74) is 2.72. The number of halogens is 2. The second-order valence-corrected chi connectivity index (χ2v) is 7.78. The summed E-state index contributed by atoms with van der Waals surface area (Å²) in [6.07, 6.45) is 0. The molecule has 0 aromatic heterocycles. The van der Waals surface area contributed by atoms with E-state index in [0.717, 1.165) is 28.2 Å². The van der Waals surface area contributed by atoms with Crippen molar-refractivity contribution in [3.8, 4) is 5.75 Å². The van der Waals surface area contributed by atoms with Gasteiger partial charge in [0, 0.05) is 5.69 Å². The van der Waals surface area contributed by atoms with Gasteiger partial charge in [-0.1, -0.05) is 23.7 Å². The van der Waals surface area contributed by atoms with Crippen LogP contribution in [-0.4, -0.2) is 17.8 Å². The molecule has 0 saturated carbocycles. The topological polar surface area (TPSA) is 75.7 Å². The predicted molar refractivity (Wildman–Crippen MR) is 123 cm³/mol. The average molecular weight is 465 g/mol. The lowest BCUT2D eigenvalue weighted by Gasteiger charge is -2.15. The van der Waals surface area contributed by atoms with E-state index in [9.17, 15) is 18.8 Å². The molecule has 33 heavy (non-hydrogen) atoms. The number of nitrogens with one attached hydrogen (secondary N) is 1. The number of imide groups is 1. The highest BCUT2D eigenvalue weighted by Gasteiger charge is 2.38. The highest BCUT2D eigenvalue weighted by molar-refractivity contribution is 6.53. The van der Waals surface area contributed by atoms with Crippen LogP contribution in [0.3, 0.4) is 0 Å². The first-order valence-corrected chi connectivity index (χ1v) is 10.3. The predicted octanol–water partition coefficient (Wildman–Crippen LogP) is 5.10. The Morgan fingerprint density at radius 1 is 0.939 bits per heavy atom. The molecule has 2 amide bonds. The molecule has 0 atom stereocenters. The highest BCUT2D eigenvalue weighted by Crippen LogP contribution is 2.30. The SMILES string of the molecule is Cc1cccc(OC(=O)c2ccc(NC3=C(Cl)C(=O)N(c4ccc(F)cc4)C3=O)cc2)c1C. The van der Waals surface area contributed by atoms with E-state index in [4.69, 9.17) is 16.3 Å². The highest BCUT2D eigenvalue weighted by atomic mass is 35.5. The molecule has 6 nitrogen and oxygen atoms in total. The van der Waals surface area contributed by atoms with Gasteiger partial charge in [0.1, 0.15) is 22.3 Å². The molecule has 0 unspecified atom stereocenters. The molecule has 1 aliphatic heterocycles. The van der Waals surface area contributed by atoms with Crippen LogP contribution in [-0.2, 0) is 9.59 Å². The average Bonchev–Trinajstić information content (AvgIpc) is 3.01. The van der Waals surface area contributed by atoms with Gasteiger partial charge in [-0.25, -0.2) is 14.1 Å². The first kappa shape index (κ1) is 22.2. The lowest BCUT2D eigenvalue weighted by molar-refractivity contribution is -0.120. The zero-order valence-electron chi connectivity index (χ0n) is 17.7. The van der Waals surface area contributed by atoms with Crippen LogP contribution >= 0.6 is 11.6 Å². The molecule has 0 radical (unpaired) electrons. The fourth-order valence-corrected chi connectivity index (χ4v) is 3.48. The molecule has 0 bridgehead atoms. The van der Waals surface area contributed by atoms with Gasteiger partial charge in [-0.3, -0.25) is 9.59 Å². The third-order valence-corrected chi connectivity index (χ3v) is 5.61. The number of hydrogen-bond acceptors (Lipinski definition) is 5. The fourth-order valence-electron chi connectivity index (χ4n) is 3.26. The minimum absolute atomic E-state index is 0.114. The minimum atomic E-state index is -0.718. The van der Waals surface area contributed by atoms with Gasteiger partial charge < -0.3 is 10.1 Å². The van der Waals surface area contributed by atoms with Gasteiger partial charge in [0.25, 0.3) is 11.8 Å². The van der Waals surface area contributed by atoms with Crippen molar-refractivity contribution in [3.63, 3.8) is 0 Å². The van der Waals surface area contributed by atoms with Crippen LogP contribution in [0.4, 0.5) is 15.8 Å². The van der Waals surface area contributed by atoms with Crippen molar-refractivity contribution >= 4 is 40.8 Å². The van der Waals surface area contributed by atoms with Crippen LogP contribution < -0.4 is 15.0 Å². The Labute approximate surface area is 194 Å². The quantitative estimate of drug-likeness (QED) is 0.323. The van der Waals surface area contributed by atoms with E-state index in [1.54, 1.807) is 18.2 Å². The van der Waals surface area contributed by atoms with E-state index in [1.807, 2.05) is 26.0 Å². The van der Waals surface area contributed by atoms with Crippen LogP contribution in [0.1, 0.15) is 21.5 Å². The molecule has 0 aliphatic carbocycles. The van der Waals surface area contributed by atoms with E-state index in [2.05, 4.69) is 5.32 Å². The molecule has 0 saturated heterocycles. The third-order valence-electron chi connectivity index (χ3n) is 5.26. The van der Waals surface area contributed by atoms with Crippen LogP contribution in [0.2, 0.25) is 0 Å². The van der Waals surface area contributed by atoms with E-state index in [1.165, 1.54) is 24.3 Å². The normalized spacial score (nSPS) is 13.5. The van der Waals surface area contributed by atoms with Gasteiger partial charge in [-0.2, -0.15) is 0 Å². The molecular weight excluding hydrogens is 447 g/mol.